The molecule has 0 atom stereocenters. The zero-order valence-corrected chi connectivity index (χ0v) is 21.7. The van der Waals surface area contributed by atoms with Crippen LogP contribution in [0.15, 0.2) is 72.1 Å². The highest BCUT2D eigenvalue weighted by molar-refractivity contribution is 7.98. The summed E-state index contributed by atoms with van der Waals surface area (Å²) in [7, 11) is 0. The van der Waals surface area contributed by atoms with E-state index in [2.05, 4.69) is 63.9 Å². The third kappa shape index (κ3) is 4.93. The van der Waals surface area contributed by atoms with Gasteiger partial charge < -0.3 is 4.90 Å². The highest BCUT2D eigenvalue weighted by atomic mass is 32.2. The van der Waals surface area contributed by atoms with Gasteiger partial charge in [-0.2, -0.15) is 0 Å². The van der Waals surface area contributed by atoms with Gasteiger partial charge in [-0.05, 0) is 66.6 Å². The Bertz CT molecular complexity index is 1310. The lowest BCUT2D eigenvalue weighted by Gasteiger charge is -2.18. The predicted molar refractivity (Wildman–Crippen MR) is 144 cm³/mol. The Hall–Kier alpha value is -3.45. The number of amides is 1. The predicted octanol–water partition coefficient (Wildman–Crippen LogP) is 5.98. The number of thioether (sulfide) groups is 1. The lowest BCUT2D eigenvalue weighted by atomic mass is 10.0. The van der Waals surface area contributed by atoms with Crippen LogP contribution in [0, 0.1) is 0 Å². The number of pyridine rings is 1. The quantitative estimate of drug-likeness (QED) is 0.280. The first kappa shape index (κ1) is 24.3. The van der Waals surface area contributed by atoms with Crippen LogP contribution in [0.4, 0.5) is 0 Å². The van der Waals surface area contributed by atoms with Crippen molar-refractivity contribution in [3.05, 3.63) is 89.2 Å². The van der Waals surface area contributed by atoms with Gasteiger partial charge >= 0.3 is 0 Å². The SMILES string of the molecule is CCc1cccc(CC)c1-n1c(SCc2ccc(C(=O)N3CCCC3)cc2)nnc1-c1cccnc1. The van der Waals surface area contributed by atoms with Crippen LogP contribution in [0.1, 0.15) is 53.7 Å². The van der Waals surface area contributed by atoms with Gasteiger partial charge in [-0.1, -0.05) is 55.9 Å². The number of nitrogens with zero attached hydrogens (tertiary/aromatic N) is 5. The summed E-state index contributed by atoms with van der Waals surface area (Å²) in [6.45, 7) is 6.10. The van der Waals surface area contributed by atoms with Crippen LogP contribution >= 0.6 is 11.8 Å². The van der Waals surface area contributed by atoms with Crippen molar-refractivity contribution in [2.24, 2.45) is 0 Å². The van der Waals surface area contributed by atoms with E-state index in [1.165, 1.54) is 16.8 Å². The number of likely N-dealkylation sites (tertiary alicyclic amines) is 1. The molecule has 1 saturated heterocycles. The number of hydrogen-bond donors (Lipinski definition) is 0. The Balaban J connectivity index is 1.46. The Morgan fingerprint density at radius 3 is 2.28 bits per heavy atom. The van der Waals surface area contributed by atoms with E-state index in [0.717, 1.165) is 72.2 Å². The van der Waals surface area contributed by atoms with E-state index < -0.39 is 0 Å². The summed E-state index contributed by atoms with van der Waals surface area (Å²) in [6, 6.07) is 18.5. The van der Waals surface area contributed by atoms with E-state index in [0.29, 0.717) is 0 Å². The molecule has 6 nitrogen and oxygen atoms in total. The molecular formula is C29H31N5OS. The molecule has 1 amide bonds. The van der Waals surface area contributed by atoms with Gasteiger partial charge in [0.25, 0.3) is 5.91 Å². The average molecular weight is 498 g/mol. The molecule has 2 aromatic carbocycles. The monoisotopic (exact) mass is 497 g/mol. The molecule has 0 aliphatic carbocycles. The van der Waals surface area contributed by atoms with Crippen LogP contribution in [0.5, 0.6) is 0 Å². The average Bonchev–Trinajstić information content (AvgIpc) is 3.62. The minimum atomic E-state index is 0.135. The van der Waals surface area contributed by atoms with Gasteiger partial charge in [0.1, 0.15) is 0 Å². The highest BCUT2D eigenvalue weighted by Gasteiger charge is 2.21. The van der Waals surface area contributed by atoms with E-state index in [1.807, 2.05) is 35.4 Å². The molecule has 4 aromatic rings. The number of carbonyl (C=O) groups excluding carboxylic acids is 1. The highest BCUT2D eigenvalue weighted by Crippen LogP contribution is 2.33. The maximum absolute atomic E-state index is 12.7. The molecule has 36 heavy (non-hydrogen) atoms. The van der Waals surface area contributed by atoms with Gasteiger partial charge in [-0.25, -0.2) is 0 Å². The summed E-state index contributed by atoms with van der Waals surface area (Å²) < 4.78 is 2.20. The Morgan fingerprint density at radius 1 is 0.917 bits per heavy atom. The first-order valence-corrected chi connectivity index (χ1v) is 13.7. The summed E-state index contributed by atoms with van der Waals surface area (Å²) in [5.41, 5.74) is 6.55. The third-order valence-electron chi connectivity index (χ3n) is 6.70. The van der Waals surface area contributed by atoms with Crippen molar-refractivity contribution < 1.29 is 4.79 Å². The number of para-hydroxylation sites is 1. The molecule has 2 aromatic heterocycles. The van der Waals surface area contributed by atoms with Gasteiger partial charge in [0, 0.05) is 42.4 Å². The molecule has 0 bridgehead atoms. The molecule has 3 heterocycles. The normalized spacial score (nSPS) is 13.3. The number of aromatic nitrogens is 4. The lowest BCUT2D eigenvalue weighted by Crippen LogP contribution is -2.27. The van der Waals surface area contributed by atoms with E-state index in [9.17, 15) is 4.79 Å². The van der Waals surface area contributed by atoms with Crippen molar-refractivity contribution in [1.29, 1.82) is 0 Å². The molecule has 0 N–H and O–H groups in total. The van der Waals surface area contributed by atoms with Crippen molar-refractivity contribution in [1.82, 2.24) is 24.6 Å². The van der Waals surface area contributed by atoms with E-state index in [-0.39, 0.29) is 5.91 Å². The third-order valence-corrected chi connectivity index (χ3v) is 7.70. The van der Waals surface area contributed by atoms with Gasteiger partial charge in [-0.15, -0.1) is 10.2 Å². The topological polar surface area (TPSA) is 63.9 Å². The molecule has 1 aliphatic rings. The second kappa shape index (κ2) is 11.1. The van der Waals surface area contributed by atoms with Crippen molar-refractivity contribution >= 4 is 17.7 Å². The molecule has 0 unspecified atom stereocenters. The fourth-order valence-corrected chi connectivity index (χ4v) is 5.64. The second-order valence-corrected chi connectivity index (χ2v) is 9.94. The zero-order valence-electron chi connectivity index (χ0n) is 20.9. The summed E-state index contributed by atoms with van der Waals surface area (Å²) in [5.74, 6) is 1.67. The fourth-order valence-electron chi connectivity index (χ4n) is 4.74. The van der Waals surface area contributed by atoms with Gasteiger partial charge in [0.15, 0.2) is 11.0 Å². The van der Waals surface area contributed by atoms with Crippen molar-refractivity contribution in [2.45, 2.75) is 50.4 Å². The molecular weight excluding hydrogens is 466 g/mol. The van der Waals surface area contributed by atoms with E-state index >= 15 is 0 Å². The number of aryl methyl sites for hydroxylation is 2. The number of rotatable bonds is 8. The number of carbonyl (C=O) groups is 1. The number of benzene rings is 2. The molecule has 1 aliphatic heterocycles. The summed E-state index contributed by atoms with van der Waals surface area (Å²) in [5, 5.41) is 10.1. The second-order valence-electron chi connectivity index (χ2n) is 9.00. The van der Waals surface area contributed by atoms with E-state index in [1.54, 1.807) is 18.0 Å². The van der Waals surface area contributed by atoms with Crippen LogP contribution in [0.3, 0.4) is 0 Å². The van der Waals surface area contributed by atoms with E-state index in [4.69, 9.17) is 0 Å². The largest absolute Gasteiger partial charge is 0.339 e. The maximum atomic E-state index is 12.7. The maximum Gasteiger partial charge on any atom is 0.253 e. The first-order chi connectivity index (χ1) is 17.7. The number of hydrogen-bond acceptors (Lipinski definition) is 5. The van der Waals surface area contributed by atoms with Crippen molar-refractivity contribution in [3.8, 4) is 17.1 Å². The molecule has 0 spiro atoms. The first-order valence-electron chi connectivity index (χ1n) is 12.7. The van der Waals surface area contributed by atoms with Crippen LogP contribution in [-0.4, -0.2) is 43.6 Å². The molecule has 0 saturated carbocycles. The lowest BCUT2D eigenvalue weighted by molar-refractivity contribution is 0.0793. The zero-order chi connectivity index (χ0) is 24.9. The summed E-state index contributed by atoms with van der Waals surface area (Å²) >= 11 is 1.66. The van der Waals surface area contributed by atoms with Crippen LogP contribution in [-0.2, 0) is 18.6 Å². The standard InChI is InChI=1S/C29H31N5OS/c1-3-22-9-7-10-23(4-2)26(22)34-27(25-11-8-16-30-19-25)31-32-29(34)36-20-21-12-14-24(15-13-21)28(35)33-17-5-6-18-33/h7-16,19H,3-6,17-18,20H2,1-2H3. The summed E-state index contributed by atoms with van der Waals surface area (Å²) in [6.07, 6.45) is 7.65. The summed E-state index contributed by atoms with van der Waals surface area (Å²) in [4.78, 5) is 19.0. The minimum Gasteiger partial charge on any atom is -0.339 e. The van der Waals surface area contributed by atoms with Crippen LogP contribution in [0.25, 0.3) is 17.1 Å². The van der Waals surface area contributed by atoms with Crippen molar-refractivity contribution in [2.75, 3.05) is 13.1 Å². The van der Waals surface area contributed by atoms with Gasteiger partial charge in [-0.3, -0.25) is 14.3 Å². The molecule has 7 heteroatoms. The minimum absolute atomic E-state index is 0.135. The molecule has 5 rings (SSSR count). The van der Waals surface area contributed by atoms with Crippen LogP contribution < -0.4 is 0 Å². The molecule has 0 radical (unpaired) electrons. The molecule has 1 fully saturated rings. The van der Waals surface area contributed by atoms with Gasteiger partial charge in [0.2, 0.25) is 0 Å². The Morgan fingerprint density at radius 2 is 1.64 bits per heavy atom. The smallest absolute Gasteiger partial charge is 0.253 e. The van der Waals surface area contributed by atoms with Gasteiger partial charge in [0.05, 0.1) is 5.69 Å². The fraction of sp³-hybridized carbons (Fsp3) is 0.310. The Kier molecular flexibility index (Phi) is 7.47. The molecule has 184 valence electrons. The van der Waals surface area contributed by atoms with Crippen LogP contribution in [0.2, 0.25) is 0 Å². The van der Waals surface area contributed by atoms with Crippen molar-refractivity contribution in [3.63, 3.8) is 0 Å². The Labute approximate surface area is 216 Å².